The van der Waals surface area contributed by atoms with E-state index >= 15 is 0 Å². The maximum Gasteiger partial charge on any atom is 0.143 e. The molecule has 0 amide bonds. The largest absolute Gasteiger partial charge is 0.455 e. The Morgan fingerprint density at radius 2 is 0.934 bits per heavy atom. The summed E-state index contributed by atoms with van der Waals surface area (Å²) in [4.78, 5) is 2.40. The van der Waals surface area contributed by atoms with Gasteiger partial charge < -0.3 is 9.32 Å². The van der Waals surface area contributed by atoms with E-state index in [4.69, 9.17) is 4.42 Å². The number of anilines is 3. The highest BCUT2D eigenvalue weighted by atomic mass is 16.3. The molecule has 0 radical (unpaired) electrons. The van der Waals surface area contributed by atoms with Gasteiger partial charge in [0.1, 0.15) is 11.2 Å². The fourth-order valence-corrected chi connectivity index (χ4v) is 9.89. The molecule has 1 heterocycles. The first kappa shape index (κ1) is 35.3. The van der Waals surface area contributed by atoms with Crippen molar-refractivity contribution in [1.82, 2.24) is 0 Å². The van der Waals surface area contributed by atoms with Crippen LogP contribution in [0.5, 0.6) is 0 Å². The Labute approximate surface area is 355 Å². The maximum atomic E-state index is 6.61. The zero-order chi connectivity index (χ0) is 40.7. The minimum Gasteiger partial charge on any atom is -0.455 e. The van der Waals surface area contributed by atoms with Gasteiger partial charge in [0.05, 0.1) is 0 Å². The number of furan rings is 1. The molecule has 61 heavy (non-hydrogen) atoms. The Hall–Kier alpha value is -7.68. The number of hydrogen-bond acceptors (Lipinski definition) is 2. The molecule has 0 fully saturated rings. The fraction of sp³-hybridized carbons (Fsp3) is 0.0508. The minimum atomic E-state index is -0.110. The van der Waals surface area contributed by atoms with Gasteiger partial charge in [-0.1, -0.05) is 166 Å². The molecule has 0 atom stereocenters. The molecule has 10 aromatic carbocycles. The van der Waals surface area contributed by atoms with Crippen molar-refractivity contribution in [3.63, 3.8) is 0 Å². The van der Waals surface area contributed by atoms with Gasteiger partial charge in [-0.3, -0.25) is 0 Å². The van der Waals surface area contributed by atoms with Crippen LogP contribution in [-0.2, 0) is 5.41 Å². The standard InChI is InChI=1S/C59H41NO/c1-59(2)55-19-11-10-17-49(55)50-32-31-47(36-56(50)59)60(45-27-22-39(23-28-45)43-21-20-38-12-6-7-15-42(38)34-43)46-29-24-40(25-30-46)44-26-33-57-53(35-44)54-37-52(41-13-4-3-5-14-41)48-16-8-9-18-51(48)58(54)61-57/h3-37H,1-2H3. The predicted molar refractivity (Wildman–Crippen MR) is 257 cm³/mol. The van der Waals surface area contributed by atoms with Gasteiger partial charge >= 0.3 is 0 Å². The van der Waals surface area contributed by atoms with E-state index in [0.29, 0.717) is 0 Å². The van der Waals surface area contributed by atoms with Crippen molar-refractivity contribution in [3.8, 4) is 44.5 Å². The molecule has 0 bridgehead atoms. The van der Waals surface area contributed by atoms with Crippen LogP contribution in [-0.4, -0.2) is 0 Å². The summed E-state index contributed by atoms with van der Waals surface area (Å²) >= 11 is 0. The van der Waals surface area contributed by atoms with Gasteiger partial charge in [-0.25, -0.2) is 0 Å². The van der Waals surface area contributed by atoms with E-state index in [1.807, 2.05) is 0 Å². The molecular weight excluding hydrogens is 739 g/mol. The molecule has 288 valence electrons. The minimum absolute atomic E-state index is 0.110. The molecule has 2 nitrogen and oxygen atoms in total. The van der Waals surface area contributed by atoms with Crippen molar-refractivity contribution >= 4 is 60.5 Å². The number of hydrogen-bond donors (Lipinski definition) is 0. The second kappa shape index (κ2) is 13.7. The molecule has 1 aromatic heterocycles. The first-order valence-corrected chi connectivity index (χ1v) is 21.2. The van der Waals surface area contributed by atoms with Crippen LogP contribution in [0.1, 0.15) is 25.0 Å². The van der Waals surface area contributed by atoms with Gasteiger partial charge in [-0.15, -0.1) is 0 Å². The van der Waals surface area contributed by atoms with Crippen molar-refractivity contribution in [3.05, 3.63) is 223 Å². The molecule has 11 aromatic rings. The zero-order valence-corrected chi connectivity index (χ0v) is 34.1. The van der Waals surface area contributed by atoms with Crippen LogP contribution < -0.4 is 4.90 Å². The van der Waals surface area contributed by atoms with E-state index < -0.39 is 0 Å². The number of nitrogens with zero attached hydrogens (tertiary/aromatic N) is 1. The topological polar surface area (TPSA) is 16.4 Å². The van der Waals surface area contributed by atoms with Crippen LogP contribution in [0.2, 0.25) is 0 Å². The lowest BCUT2D eigenvalue weighted by atomic mass is 9.82. The molecule has 1 aliphatic rings. The summed E-state index contributed by atoms with van der Waals surface area (Å²) in [6, 6.07) is 77.4. The fourth-order valence-electron chi connectivity index (χ4n) is 9.89. The van der Waals surface area contributed by atoms with Crippen LogP contribution in [0.3, 0.4) is 0 Å². The highest BCUT2D eigenvalue weighted by Crippen LogP contribution is 2.51. The third kappa shape index (κ3) is 5.71. The van der Waals surface area contributed by atoms with E-state index in [9.17, 15) is 0 Å². The monoisotopic (exact) mass is 779 g/mol. The maximum absolute atomic E-state index is 6.61. The van der Waals surface area contributed by atoms with Crippen LogP contribution in [0.25, 0.3) is 88.0 Å². The molecule has 0 saturated heterocycles. The van der Waals surface area contributed by atoms with Gasteiger partial charge in [-0.2, -0.15) is 0 Å². The summed E-state index contributed by atoms with van der Waals surface area (Å²) in [7, 11) is 0. The molecular formula is C59H41NO. The second-order valence-corrected chi connectivity index (χ2v) is 16.9. The molecule has 12 rings (SSSR count). The van der Waals surface area contributed by atoms with Crippen LogP contribution in [0, 0.1) is 0 Å². The normalized spacial score (nSPS) is 12.9. The Morgan fingerprint density at radius 1 is 0.344 bits per heavy atom. The Balaban J connectivity index is 0.955. The lowest BCUT2D eigenvalue weighted by Gasteiger charge is -2.28. The van der Waals surface area contributed by atoms with Gasteiger partial charge in [0.15, 0.2) is 0 Å². The summed E-state index contributed by atoms with van der Waals surface area (Å²) in [6.45, 7) is 4.70. The van der Waals surface area contributed by atoms with Crippen LogP contribution in [0.15, 0.2) is 217 Å². The van der Waals surface area contributed by atoms with Gasteiger partial charge in [0.2, 0.25) is 0 Å². The Kier molecular flexibility index (Phi) is 7.92. The average molecular weight is 780 g/mol. The summed E-state index contributed by atoms with van der Waals surface area (Å²) < 4.78 is 6.61. The van der Waals surface area contributed by atoms with Crippen molar-refractivity contribution in [2.24, 2.45) is 0 Å². The van der Waals surface area contributed by atoms with Crippen molar-refractivity contribution in [2.45, 2.75) is 19.3 Å². The lowest BCUT2D eigenvalue weighted by Crippen LogP contribution is -2.16. The molecule has 0 spiro atoms. The third-order valence-electron chi connectivity index (χ3n) is 13.1. The van der Waals surface area contributed by atoms with Gasteiger partial charge in [-0.05, 0) is 132 Å². The number of benzene rings is 10. The van der Waals surface area contributed by atoms with E-state index in [2.05, 4.69) is 231 Å². The molecule has 2 heteroatoms. The Morgan fingerprint density at radius 3 is 1.70 bits per heavy atom. The average Bonchev–Trinajstić information content (AvgIpc) is 3.80. The quantitative estimate of drug-likeness (QED) is 0.167. The molecule has 0 saturated carbocycles. The van der Waals surface area contributed by atoms with Gasteiger partial charge in [0.25, 0.3) is 0 Å². The Bertz CT molecular complexity index is 3480. The van der Waals surface area contributed by atoms with Crippen molar-refractivity contribution in [1.29, 1.82) is 0 Å². The highest BCUT2D eigenvalue weighted by molar-refractivity contribution is 6.19. The third-order valence-corrected chi connectivity index (χ3v) is 13.1. The van der Waals surface area contributed by atoms with E-state index in [1.165, 1.54) is 60.7 Å². The summed E-state index contributed by atoms with van der Waals surface area (Å²) in [5.41, 5.74) is 17.6. The summed E-state index contributed by atoms with van der Waals surface area (Å²) in [5, 5.41) is 7.08. The van der Waals surface area contributed by atoms with Gasteiger partial charge in [0, 0.05) is 38.6 Å². The molecule has 0 aliphatic heterocycles. The van der Waals surface area contributed by atoms with Crippen molar-refractivity contribution in [2.75, 3.05) is 4.90 Å². The van der Waals surface area contributed by atoms with Crippen LogP contribution in [0.4, 0.5) is 17.1 Å². The van der Waals surface area contributed by atoms with E-state index in [0.717, 1.165) is 55.5 Å². The number of rotatable bonds is 6. The van der Waals surface area contributed by atoms with E-state index in [-0.39, 0.29) is 5.41 Å². The van der Waals surface area contributed by atoms with E-state index in [1.54, 1.807) is 0 Å². The molecule has 1 aliphatic carbocycles. The summed E-state index contributed by atoms with van der Waals surface area (Å²) in [5.74, 6) is 0. The lowest BCUT2D eigenvalue weighted by molar-refractivity contribution is 0.660. The van der Waals surface area contributed by atoms with Crippen LogP contribution >= 0.6 is 0 Å². The first-order chi connectivity index (χ1) is 30.0. The molecule has 0 unspecified atom stereocenters. The summed E-state index contributed by atoms with van der Waals surface area (Å²) in [6.07, 6.45) is 0. The SMILES string of the molecule is CC1(C)c2ccccc2-c2ccc(N(c3ccc(-c4ccc5ccccc5c4)cc3)c3ccc(-c4ccc5oc6c7ccccc7c(-c7ccccc7)cc6c5c4)cc3)cc21. The number of fused-ring (bicyclic) bond motifs is 9. The predicted octanol–water partition coefficient (Wildman–Crippen LogP) is 16.7. The zero-order valence-electron chi connectivity index (χ0n) is 34.1. The highest BCUT2D eigenvalue weighted by Gasteiger charge is 2.35. The van der Waals surface area contributed by atoms with Crippen molar-refractivity contribution < 1.29 is 4.42 Å². The first-order valence-electron chi connectivity index (χ1n) is 21.2. The smallest absolute Gasteiger partial charge is 0.143 e. The second-order valence-electron chi connectivity index (χ2n) is 16.9. The molecule has 0 N–H and O–H groups in total.